The number of amides is 1. The number of carbonyl (C=O) groups is 1. The summed E-state index contributed by atoms with van der Waals surface area (Å²) in [6.07, 6.45) is 1.10. The van der Waals surface area contributed by atoms with E-state index < -0.39 is 10.0 Å². The Morgan fingerprint density at radius 3 is 2.07 bits per heavy atom. The summed E-state index contributed by atoms with van der Waals surface area (Å²) in [7, 11) is -2.01. The van der Waals surface area contributed by atoms with Gasteiger partial charge in [-0.05, 0) is 40.8 Å². The lowest BCUT2D eigenvalue weighted by Crippen LogP contribution is -2.40. The minimum atomic E-state index is -3.60. The second-order valence-electron chi connectivity index (χ2n) is 7.69. The zero-order valence-electron chi connectivity index (χ0n) is 17.0. The molecule has 0 aliphatic heterocycles. The predicted molar refractivity (Wildman–Crippen MR) is 112 cm³/mol. The number of nitrogens with one attached hydrogen (secondary N) is 1. The van der Waals surface area contributed by atoms with Crippen LogP contribution in [0.4, 0.5) is 5.69 Å². The van der Waals surface area contributed by atoms with Crippen LogP contribution in [0.25, 0.3) is 0 Å². The lowest BCUT2D eigenvalue weighted by Gasteiger charge is -2.24. The highest BCUT2D eigenvalue weighted by Crippen LogP contribution is 2.25. The molecule has 0 unspecified atom stereocenters. The van der Waals surface area contributed by atoms with E-state index in [1.165, 1.54) is 0 Å². The molecular formula is C21H28N2O4S. The Balaban J connectivity index is 2.08. The number of hydrogen-bond acceptors (Lipinski definition) is 4. The maximum Gasteiger partial charge on any atom is 0.241 e. The molecule has 1 amide bonds. The number of methoxy groups -OCH3 is 1. The Morgan fingerprint density at radius 2 is 1.61 bits per heavy atom. The highest BCUT2D eigenvalue weighted by molar-refractivity contribution is 7.92. The highest BCUT2D eigenvalue weighted by Gasteiger charge is 2.22. The number of rotatable bonds is 7. The van der Waals surface area contributed by atoms with E-state index in [2.05, 4.69) is 26.1 Å². The monoisotopic (exact) mass is 404 g/mol. The minimum Gasteiger partial charge on any atom is -0.497 e. The normalized spacial score (nSPS) is 11.8. The minimum absolute atomic E-state index is 0.0375. The maximum atomic E-state index is 12.4. The summed E-state index contributed by atoms with van der Waals surface area (Å²) in [6, 6.07) is 14.6. The first kappa shape index (κ1) is 21.8. The van der Waals surface area contributed by atoms with Crippen LogP contribution in [0.2, 0.25) is 0 Å². The van der Waals surface area contributed by atoms with Crippen LogP contribution in [0.1, 0.15) is 31.9 Å². The van der Waals surface area contributed by atoms with Gasteiger partial charge in [0.05, 0.1) is 19.1 Å². The van der Waals surface area contributed by atoms with Crippen LogP contribution in [0.15, 0.2) is 48.5 Å². The number of hydrogen-bond donors (Lipinski definition) is 1. The molecule has 0 radical (unpaired) electrons. The lowest BCUT2D eigenvalue weighted by atomic mass is 9.87. The zero-order valence-corrected chi connectivity index (χ0v) is 17.8. The Morgan fingerprint density at radius 1 is 1.04 bits per heavy atom. The van der Waals surface area contributed by atoms with Gasteiger partial charge in [-0.3, -0.25) is 9.10 Å². The van der Waals surface area contributed by atoms with Crippen molar-refractivity contribution in [3.8, 4) is 5.75 Å². The molecule has 0 heterocycles. The Hall–Kier alpha value is -2.54. The summed E-state index contributed by atoms with van der Waals surface area (Å²) in [4.78, 5) is 12.4. The van der Waals surface area contributed by atoms with E-state index in [0.717, 1.165) is 27.4 Å². The lowest BCUT2D eigenvalue weighted by molar-refractivity contribution is -0.119. The predicted octanol–water partition coefficient (Wildman–Crippen LogP) is 3.08. The molecule has 6 nitrogen and oxygen atoms in total. The summed E-state index contributed by atoms with van der Waals surface area (Å²) in [5.41, 5.74) is 2.42. The molecule has 2 rings (SSSR count). The Labute approximate surface area is 167 Å². The summed E-state index contributed by atoms with van der Waals surface area (Å²) < 4.78 is 30.7. The van der Waals surface area contributed by atoms with Gasteiger partial charge in [-0.2, -0.15) is 0 Å². The number of sulfonamides is 1. The number of ether oxygens (including phenoxy) is 1. The molecule has 2 aromatic rings. The molecule has 0 bridgehead atoms. The van der Waals surface area contributed by atoms with Crippen LogP contribution >= 0.6 is 0 Å². The highest BCUT2D eigenvalue weighted by atomic mass is 32.2. The first-order valence-electron chi connectivity index (χ1n) is 8.98. The van der Waals surface area contributed by atoms with E-state index in [9.17, 15) is 13.2 Å². The van der Waals surface area contributed by atoms with Gasteiger partial charge in [0.25, 0.3) is 0 Å². The van der Waals surface area contributed by atoms with Crippen molar-refractivity contribution in [3.63, 3.8) is 0 Å². The molecule has 152 valence electrons. The molecule has 0 aromatic heterocycles. The van der Waals surface area contributed by atoms with Gasteiger partial charge < -0.3 is 10.1 Å². The first-order chi connectivity index (χ1) is 13.0. The molecule has 0 spiro atoms. The molecule has 0 saturated carbocycles. The fourth-order valence-electron chi connectivity index (χ4n) is 2.66. The Bertz CT molecular complexity index is 899. The fraction of sp³-hybridized carbons (Fsp3) is 0.381. The van der Waals surface area contributed by atoms with Crippen LogP contribution in [-0.4, -0.2) is 34.2 Å². The van der Waals surface area contributed by atoms with Crippen molar-refractivity contribution in [2.45, 2.75) is 32.7 Å². The second-order valence-corrected chi connectivity index (χ2v) is 9.60. The molecule has 0 aliphatic carbocycles. The third-order valence-electron chi connectivity index (χ3n) is 4.36. The van der Waals surface area contributed by atoms with Gasteiger partial charge in [-0.1, -0.05) is 45.0 Å². The van der Waals surface area contributed by atoms with E-state index in [1.807, 2.05) is 24.3 Å². The third-order valence-corrected chi connectivity index (χ3v) is 5.50. The smallest absolute Gasteiger partial charge is 0.241 e. The fourth-order valence-corrected chi connectivity index (χ4v) is 3.51. The number of carbonyl (C=O) groups excluding carboxylic acids is 1. The van der Waals surface area contributed by atoms with Crippen molar-refractivity contribution in [2.75, 3.05) is 24.2 Å². The summed E-state index contributed by atoms with van der Waals surface area (Å²) in [5, 5.41) is 2.76. The average molecular weight is 405 g/mol. The van der Waals surface area contributed by atoms with Crippen molar-refractivity contribution in [2.24, 2.45) is 0 Å². The maximum absolute atomic E-state index is 12.4. The number of benzene rings is 2. The van der Waals surface area contributed by atoms with Crippen molar-refractivity contribution >= 4 is 21.6 Å². The molecule has 28 heavy (non-hydrogen) atoms. The van der Waals surface area contributed by atoms with Crippen LogP contribution in [0, 0.1) is 0 Å². The number of nitrogens with zero attached hydrogens (tertiary/aromatic N) is 1. The van der Waals surface area contributed by atoms with Crippen LogP contribution in [-0.2, 0) is 26.8 Å². The average Bonchev–Trinajstić information content (AvgIpc) is 2.63. The van der Waals surface area contributed by atoms with Gasteiger partial charge >= 0.3 is 0 Å². The second kappa shape index (κ2) is 8.65. The summed E-state index contributed by atoms with van der Waals surface area (Å²) in [6.45, 7) is 6.29. The first-order valence-corrected chi connectivity index (χ1v) is 10.8. The van der Waals surface area contributed by atoms with E-state index in [1.54, 1.807) is 31.4 Å². The van der Waals surface area contributed by atoms with Crippen LogP contribution in [0.3, 0.4) is 0 Å². The van der Waals surface area contributed by atoms with Crippen molar-refractivity contribution in [1.82, 2.24) is 5.32 Å². The number of anilines is 1. The molecule has 0 atom stereocenters. The van der Waals surface area contributed by atoms with E-state index in [4.69, 9.17) is 4.74 Å². The topological polar surface area (TPSA) is 75.7 Å². The molecule has 7 heteroatoms. The van der Waals surface area contributed by atoms with Gasteiger partial charge in [0, 0.05) is 6.54 Å². The molecule has 1 N–H and O–H groups in total. The van der Waals surface area contributed by atoms with Gasteiger partial charge in [0.2, 0.25) is 15.9 Å². The zero-order chi connectivity index (χ0) is 20.9. The Kier molecular flexibility index (Phi) is 6.72. The van der Waals surface area contributed by atoms with E-state index in [0.29, 0.717) is 12.2 Å². The molecule has 2 aromatic carbocycles. The van der Waals surface area contributed by atoms with E-state index in [-0.39, 0.29) is 17.9 Å². The third kappa shape index (κ3) is 5.99. The van der Waals surface area contributed by atoms with Crippen molar-refractivity contribution in [1.29, 1.82) is 0 Å². The van der Waals surface area contributed by atoms with Gasteiger partial charge in [-0.15, -0.1) is 0 Å². The molecule has 0 saturated heterocycles. The van der Waals surface area contributed by atoms with Gasteiger partial charge in [0.15, 0.2) is 0 Å². The standard InChI is InChI=1S/C21H28N2O4S/c1-21(2,3)17-8-10-18(11-9-17)23(28(5,25)26)15-20(24)22-14-16-6-12-19(27-4)13-7-16/h6-13H,14-15H2,1-5H3,(H,22,24). The molecular weight excluding hydrogens is 376 g/mol. The van der Waals surface area contributed by atoms with Crippen LogP contribution < -0.4 is 14.4 Å². The van der Waals surface area contributed by atoms with Crippen LogP contribution in [0.5, 0.6) is 5.75 Å². The van der Waals surface area contributed by atoms with Gasteiger partial charge in [0.1, 0.15) is 12.3 Å². The summed E-state index contributed by atoms with van der Waals surface area (Å²) in [5.74, 6) is 0.359. The SMILES string of the molecule is COc1ccc(CNC(=O)CN(c2ccc(C(C)(C)C)cc2)S(C)(=O)=O)cc1. The quantitative estimate of drug-likeness (QED) is 0.769. The molecule has 0 aliphatic rings. The van der Waals surface area contributed by atoms with Crippen molar-refractivity contribution in [3.05, 3.63) is 59.7 Å². The van der Waals surface area contributed by atoms with Gasteiger partial charge in [-0.25, -0.2) is 8.42 Å². The van der Waals surface area contributed by atoms with E-state index >= 15 is 0 Å². The summed E-state index contributed by atoms with van der Waals surface area (Å²) >= 11 is 0. The van der Waals surface area contributed by atoms with Crippen molar-refractivity contribution < 1.29 is 17.9 Å². The largest absolute Gasteiger partial charge is 0.497 e. The molecule has 0 fully saturated rings.